The molecule has 0 spiro atoms. The number of nitrogens with zero attached hydrogens (tertiary/aromatic N) is 1. The molecule has 0 radical (unpaired) electrons. The van der Waals surface area contributed by atoms with Crippen molar-refractivity contribution >= 4 is 17.6 Å². The van der Waals surface area contributed by atoms with E-state index in [9.17, 15) is 18.8 Å². The monoisotopic (exact) mass is 471 g/mol. The summed E-state index contributed by atoms with van der Waals surface area (Å²) in [5.41, 5.74) is 4.43. The van der Waals surface area contributed by atoms with Crippen LogP contribution in [0.4, 0.5) is 4.39 Å². The van der Waals surface area contributed by atoms with Crippen molar-refractivity contribution in [3.8, 4) is 0 Å². The second kappa shape index (κ2) is 10.6. The predicted octanol–water partition coefficient (Wildman–Crippen LogP) is 3.96. The number of hydroxylamine groups is 1. The topological polar surface area (TPSA) is 100 Å². The first-order valence-corrected chi connectivity index (χ1v) is 10.8. The molecule has 7 nitrogen and oxygen atoms in total. The molecule has 8 heteroatoms. The lowest BCUT2D eigenvalue weighted by atomic mass is 10.1. The van der Waals surface area contributed by atoms with Crippen LogP contribution in [0.5, 0.6) is 0 Å². The van der Waals surface area contributed by atoms with E-state index in [2.05, 4.69) is 5.32 Å². The van der Waals surface area contributed by atoms with Crippen LogP contribution in [0.2, 0.25) is 0 Å². The Morgan fingerprint density at radius 1 is 0.714 bits per heavy atom. The second-order valence-corrected chi connectivity index (χ2v) is 7.83. The van der Waals surface area contributed by atoms with Crippen LogP contribution in [0.15, 0.2) is 91.0 Å². The molecule has 0 saturated carbocycles. The predicted molar refractivity (Wildman–Crippen MR) is 127 cm³/mol. The third kappa shape index (κ3) is 5.51. The Balaban J connectivity index is 1.58. The van der Waals surface area contributed by atoms with Gasteiger partial charge in [0.1, 0.15) is 11.5 Å². The van der Waals surface area contributed by atoms with Crippen molar-refractivity contribution in [1.82, 2.24) is 15.4 Å². The Hall–Kier alpha value is -4.56. The zero-order chi connectivity index (χ0) is 24.8. The number of carbonyl (C=O) groups excluding carboxylic acids is 3. The lowest BCUT2D eigenvalue weighted by molar-refractivity contribution is 0.0706. The highest BCUT2D eigenvalue weighted by atomic mass is 19.1. The van der Waals surface area contributed by atoms with Crippen LogP contribution in [0.25, 0.3) is 0 Å². The number of ketones is 1. The Labute approximate surface area is 200 Å². The van der Waals surface area contributed by atoms with Gasteiger partial charge in [0.25, 0.3) is 11.8 Å². The van der Waals surface area contributed by atoms with Crippen molar-refractivity contribution in [2.24, 2.45) is 0 Å². The van der Waals surface area contributed by atoms with Gasteiger partial charge in [0.15, 0.2) is 0 Å². The Bertz CT molecular complexity index is 1350. The number of nitrogens with one attached hydrogen (secondary N) is 2. The van der Waals surface area contributed by atoms with Crippen LogP contribution in [0.1, 0.15) is 48.0 Å². The highest BCUT2D eigenvalue weighted by molar-refractivity contribution is 6.09. The molecular formula is C27H22FN3O4. The third-order valence-corrected chi connectivity index (χ3v) is 5.51. The van der Waals surface area contributed by atoms with Crippen LogP contribution < -0.4 is 10.8 Å². The summed E-state index contributed by atoms with van der Waals surface area (Å²) in [5, 5.41) is 11.5. The van der Waals surface area contributed by atoms with Gasteiger partial charge in [0.2, 0.25) is 5.78 Å². The molecule has 2 amide bonds. The van der Waals surface area contributed by atoms with Crippen molar-refractivity contribution in [1.29, 1.82) is 0 Å². The maximum atomic E-state index is 13.4. The molecule has 35 heavy (non-hydrogen) atoms. The van der Waals surface area contributed by atoms with E-state index >= 15 is 0 Å². The van der Waals surface area contributed by atoms with Gasteiger partial charge in [-0.3, -0.25) is 19.6 Å². The fourth-order valence-corrected chi connectivity index (χ4v) is 3.66. The molecule has 0 fully saturated rings. The summed E-state index contributed by atoms with van der Waals surface area (Å²) in [7, 11) is 0. The third-order valence-electron chi connectivity index (χ3n) is 5.51. The molecule has 0 aliphatic rings. The molecule has 4 aromatic rings. The highest BCUT2D eigenvalue weighted by Gasteiger charge is 2.21. The van der Waals surface area contributed by atoms with E-state index in [4.69, 9.17) is 5.21 Å². The van der Waals surface area contributed by atoms with Crippen LogP contribution >= 0.6 is 0 Å². The van der Waals surface area contributed by atoms with E-state index in [1.54, 1.807) is 70.7 Å². The average molecular weight is 471 g/mol. The number of amides is 2. The van der Waals surface area contributed by atoms with Gasteiger partial charge in [0, 0.05) is 24.2 Å². The van der Waals surface area contributed by atoms with E-state index in [0.29, 0.717) is 11.3 Å². The summed E-state index contributed by atoms with van der Waals surface area (Å²) < 4.78 is 15.0. The molecule has 1 heterocycles. The molecule has 0 unspecified atom stereocenters. The summed E-state index contributed by atoms with van der Waals surface area (Å²) in [6.45, 7) is 0.387. The molecule has 3 N–H and O–H groups in total. The van der Waals surface area contributed by atoms with Crippen molar-refractivity contribution in [3.63, 3.8) is 0 Å². The Kier molecular flexibility index (Phi) is 7.13. The molecule has 0 aliphatic carbocycles. The first kappa shape index (κ1) is 23.6. The fraction of sp³-hybridized carbons (Fsp3) is 0.0741. The minimum Gasteiger partial charge on any atom is -0.347 e. The molecule has 0 aliphatic heterocycles. The average Bonchev–Trinajstić information content (AvgIpc) is 3.32. The number of aromatic nitrogens is 1. The van der Waals surface area contributed by atoms with Gasteiger partial charge in [-0.2, -0.15) is 0 Å². The lowest BCUT2D eigenvalue weighted by Gasteiger charge is -2.14. The summed E-state index contributed by atoms with van der Waals surface area (Å²) >= 11 is 0. The highest BCUT2D eigenvalue weighted by Crippen LogP contribution is 2.18. The summed E-state index contributed by atoms with van der Waals surface area (Å²) in [6, 6.07) is 24.2. The van der Waals surface area contributed by atoms with E-state index < -0.39 is 11.8 Å². The lowest BCUT2D eigenvalue weighted by Crippen LogP contribution is -2.27. The fourth-order valence-electron chi connectivity index (χ4n) is 3.66. The zero-order valence-corrected chi connectivity index (χ0v) is 18.6. The first-order valence-electron chi connectivity index (χ1n) is 10.8. The smallest absolute Gasteiger partial charge is 0.274 e. The quantitative estimate of drug-likeness (QED) is 0.206. The van der Waals surface area contributed by atoms with Gasteiger partial charge >= 0.3 is 0 Å². The molecule has 0 atom stereocenters. The SMILES string of the molecule is O=C(NO)c1ccc(CNC(=O)c2ccc(C(=O)c3ccccc3)n2Cc2ccc(F)cc2)cc1. The number of hydrogen-bond donors (Lipinski definition) is 3. The summed E-state index contributed by atoms with van der Waals surface area (Å²) in [5.74, 6) is -1.63. The molecule has 0 bridgehead atoms. The Morgan fingerprint density at radius 2 is 1.34 bits per heavy atom. The minimum atomic E-state index is -0.630. The number of rotatable bonds is 8. The van der Waals surface area contributed by atoms with Crippen molar-refractivity contribution in [2.45, 2.75) is 13.1 Å². The van der Waals surface area contributed by atoms with E-state index in [-0.39, 0.29) is 35.9 Å². The second-order valence-electron chi connectivity index (χ2n) is 7.83. The van der Waals surface area contributed by atoms with Crippen LogP contribution in [-0.2, 0) is 13.1 Å². The maximum absolute atomic E-state index is 13.4. The minimum absolute atomic E-state index is 0.184. The van der Waals surface area contributed by atoms with Gasteiger partial charge in [0.05, 0.1) is 5.69 Å². The summed E-state index contributed by atoms with van der Waals surface area (Å²) in [4.78, 5) is 37.7. The van der Waals surface area contributed by atoms with Gasteiger partial charge in [-0.1, -0.05) is 54.6 Å². The summed E-state index contributed by atoms with van der Waals surface area (Å²) in [6.07, 6.45) is 0. The zero-order valence-electron chi connectivity index (χ0n) is 18.6. The molecule has 176 valence electrons. The molecule has 4 rings (SSSR count). The van der Waals surface area contributed by atoms with Gasteiger partial charge in [-0.25, -0.2) is 9.87 Å². The normalized spacial score (nSPS) is 10.6. The van der Waals surface area contributed by atoms with Gasteiger partial charge in [-0.15, -0.1) is 0 Å². The molecule has 0 saturated heterocycles. The van der Waals surface area contributed by atoms with Gasteiger partial charge < -0.3 is 9.88 Å². The Morgan fingerprint density at radius 3 is 2.00 bits per heavy atom. The number of carbonyl (C=O) groups is 3. The standard InChI is InChI=1S/C27H22FN3O4/c28-22-12-8-19(9-13-22)17-31-23(25(32)20-4-2-1-3-5-20)14-15-24(31)27(34)29-16-18-6-10-21(11-7-18)26(33)30-35/h1-15,35H,16-17H2,(H,29,34)(H,30,33). The number of halogens is 1. The number of benzene rings is 3. The first-order chi connectivity index (χ1) is 17.0. The van der Waals surface area contributed by atoms with E-state index in [1.165, 1.54) is 24.3 Å². The van der Waals surface area contributed by atoms with E-state index in [0.717, 1.165) is 11.1 Å². The van der Waals surface area contributed by atoms with Crippen molar-refractivity contribution in [3.05, 3.63) is 130 Å². The van der Waals surface area contributed by atoms with Crippen molar-refractivity contribution in [2.75, 3.05) is 0 Å². The van der Waals surface area contributed by atoms with Gasteiger partial charge in [-0.05, 0) is 47.5 Å². The van der Waals surface area contributed by atoms with Crippen LogP contribution in [-0.4, -0.2) is 27.4 Å². The molecule has 1 aromatic heterocycles. The molecular weight excluding hydrogens is 449 g/mol. The maximum Gasteiger partial charge on any atom is 0.274 e. The largest absolute Gasteiger partial charge is 0.347 e. The van der Waals surface area contributed by atoms with E-state index in [1.807, 2.05) is 6.07 Å². The van der Waals surface area contributed by atoms with Crippen molar-refractivity contribution < 1.29 is 24.0 Å². The molecule has 3 aromatic carbocycles. The van der Waals surface area contributed by atoms with Crippen LogP contribution in [0, 0.1) is 5.82 Å². The number of hydrogen-bond acceptors (Lipinski definition) is 4. The van der Waals surface area contributed by atoms with Crippen LogP contribution in [0.3, 0.4) is 0 Å².